The van der Waals surface area contributed by atoms with Crippen LogP contribution >= 0.6 is 11.8 Å². The van der Waals surface area contributed by atoms with Crippen LogP contribution in [0.3, 0.4) is 0 Å². The van der Waals surface area contributed by atoms with Crippen molar-refractivity contribution in [3.63, 3.8) is 0 Å². The van der Waals surface area contributed by atoms with Gasteiger partial charge in [-0.2, -0.15) is 5.01 Å². The van der Waals surface area contributed by atoms with Crippen molar-refractivity contribution < 1.29 is 14.4 Å². The maximum absolute atomic E-state index is 13.0. The molecular weight excluding hydrogens is 466 g/mol. The van der Waals surface area contributed by atoms with Crippen LogP contribution in [-0.4, -0.2) is 53.9 Å². The van der Waals surface area contributed by atoms with Gasteiger partial charge in [0.05, 0.1) is 5.75 Å². The van der Waals surface area contributed by atoms with Crippen molar-refractivity contribution >= 4 is 29.6 Å². The molecule has 0 spiro atoms. The van der Waals surface area contributed by atoms with Gasteiger partial charge in [-0.3, -0.25) is 24.6 Å². The van der Waals surface area contributed by atoms with Crippen molar-refractivity contribution in [2.45, 2.75) is 49.3 Å². The summed E-state index contributed by atoms with van der Waals surface area (Å²) in [4.78, 5) is 42.2. The van der Waals surface area contributed by atoms with Crippen LogP contribution in [0.2, 0.25) is 0 Å². The molecule has 2 aliphatic rings. The Hall–Kier alpha value is -3.73. The molecule has 2 fully saturated rings. The molecule has 1 saturated carbocycles. The fraction of sp³-hybridized carbons (Fsp3) is 0.333. The summed E-state index contributed by atoms with van der Waals surface area (Å²) in [6.45, 7) is 1.68. The Bertz CT molecular complexity index is 1250. The van der Waals surface area contributed by atoms with Gasteiger partial charge in [-0.1, -0.05) is 42.1 Å². The van der Waals surface area contributed by atoms with E-state index >= 15 is 0 Å². The first kappa shape index (κ1) is 23.0. The highest BCUT2D eigenvalue weighted by atomic mass is 32.2. The summed E-state index contributed by atoms with van der Waals surface area (Å²) in [6.07, 6.45) is 6.52. The first-order valence-corrected chi connectivity index (χ1v) is 12.4. The molecule has 0 unspecified atom stereocenters. The molecule has 10 nitrogen and oxygen atoms in total. The highest BCUT2D eigenvalue weighted by molar-refractivity contribution is 7.99. The van der Waals surface area contributed by atoms with Gasteiger partial charge in [0.15, 0.2) is 11.0 Å². The van der Waals surface area contributed by atoms with Crippen LogP contribution in [0.25, 0.3) is 11.4 Å². The SMILES string of the molecule is C[C@@]1(CCc2ccccc2)NC(=O)N(NC(=O)CSc2nnc(-c3cccnc3)n2C2CC2)C1=O. The van der Waals surface area contributed by atoms with E-state index in [1.807, 2.05) is 47.0 Å². The van der Waals surface area contributed by atoms with Crippen molar-refractivity contribution in [2.24, 2.45) is 0 Å². The lowest BCUT2D eigenvalue weighted by atomic mass is 9.93. The van der Waals surface area contributed by atoms with Gasteiger partial charge in [0.25, 0.3) is 5.91 Å². The van der Waals surface area contributed by atoms with E-state index in [2.05, 4.69) is 25.9 Å². The Morgan fingerprint density at radius 1 is 1.17 bits per heavy atom. The zero-order chi connectivity index (χ0) is 24.4. The number of aromatic nitrogens is 4. The fourth-order valence-electron chi connectivity index (χ4n) is 4.01. The second-order valence-electron chi connectivity index (χ2n) is 8.86. The van der Waals surface area contributed by atoms with E-state index in [4.69, 9.17) is 0 Å². The first-order chi connectivity index (χ1) is 16.9. The van der Waals surface area contributed by atoms with Gasteiger partial charge in [-0.15, -0.1) is 10.2 Å². The molecule has 1 saturated heterocycles. The van der Waals surface area contributed by atoms with E-state index in [0.717, 1.165) is 29.0 Å². The number of benzene rings is 1. The summed E-state index contributed by atoms with van der Waals surface area (Å²) >= 11 is 1.22. The largest absolute Gasteiger partial charge is 0.344 e. The van der Waals surface area contributed by atoms with E-state index < -0.39 is 23.4 Å². The molecule has 0 bridgehead atoms. The third kappa shape index (κ3) is 4.90. The number of urea groups is 1. The highest BCUT2D eigenvalue weighted by Gasteiger charge is 2.48. The normalized spacial score (nSPS) is 19.6. The summed E-state index contributed by atoms with van der Waals surface area (Å²) in [6, 6.07) is 13.2. The Balaban J connectivity index is 1.20. The lowest BCUT2D eigenvalue weighted by molar-refractivity contribution is -0.138. The third-order valence-corrected chi connectivity index (χ3v) is 7.03. The molecule has 180 valence electrons. The molecule has 1 atom stereocenters. The molecule has 2 aromatic heterocycles. The van der Waals surface area contributed by atoms with Gasteiger partial charge in [-0.05, 0) is 50.3 Å². The number of carbonyl (C=O) groups is 3. The zero-order valence-electron chi connectivity index (χ0n) is 19.2. The topological polar surface area (TPSA) is 122 Å². The summed E-state index contributed by atoms with van der Waals surface area (Å²) in [5.74, 6) is -0.252. The predicted molar refractivity (Wildman–Crippen MR) is 129 cm³/mol. The molecule has 11 heteroatoms. The van der Waals surface area contributed by atoms with Gasteiger partial charge in [-0.25, -0.2) is 4.79 Å². The van der Waals surface area contributed by atoms with Crippen LogP contribution in [-0.2, 0) is 16.0 Å². The number of hydrogen-bond acceptors (Lipinski definition) is 7. The van der Waals surface area contributed by atoms with Crippen LogP contribution < -0.4 is 10.7 Å². The van der Waals surface area contributed by atoms with Crippen molar-refractivity contribution in [1.82, 2.24) is 35.5 Å². The molecule has 35 heavy (non-hydrogen) atoms. The summed E-state index contributed by atoms with van der Waals surface area (Å²) in [5, 5.41) is 12.7. The van der Waals surface area contributed by atoms with Crippen LogP contribution in [0.15, 0.2) is 60.0 Å². The van der Waals surface area contributed by atoms with Crippen LogP contribution in [0.4, 0.5) is 4.79 Å². The zero-order valence-corrected chi connectivity index (χ0v) is 20.0. The number of nitrogens with one attached hydrogen (secondary N) is 2. The predicted octanol–water partition coefficient (Wildman–Crippen LogP) is 2.74. The van der Waals surface area contributed by atoms with Crippen LogP contribution in [0, 0.1) is 0 Å². The second kappa shape index (κ2) is 9.49. The molecule has 4 amide bonds. The van der Waals surface area contributed by atoms with E-state index in [1.165, 1.54) is 11.8 Å². The maximum atomic E-state index is 13.0. The lowest BCUT2D eigenvalue weighted by Crippen LogP contribution is -2.49. The highest BCUT2D eigenvalue weighted by Crippen LogP contribution is 2.40. The molecule has 1 aliphatic carbocycles. The number of amides is 4. The van der Waals surface area contributed by atoms with Gasteiger partial charge < -0.3 is 5.32 Å². The molecule has 1 aliphatic heterocycles. The Morgan fingerprint density at radius 3 is 2.69 bits per heavy atom. The minimum atomic E-state index is -1.09. The average molecular weight is 492 g/mol. The minimum absolute atomic E-state index is 0.0182. The standard InChI is InChI=1S/C24H25N7O3S/c1-24(12-11-16-6-3-2-4-7-16)21(33)31(22(34)26-24)29-19(32)15-35-23-28-27-20(30(23)18-9-10-18)17-8-5-13-25-14-17/h2-8,13-14,18H,9-12,15H2,1H3,(H,26,34)(H,29,32)/t24-/m0/s1. The van der Waals surface area contributed by atoms with Crippen LogP contribution in [0.1, 0.15) is 37.8 Å². The number of nitrogens with zero attached hydrogens (tertiary/aromatic N) is 5. The number of carbonyl (C=O) groups excluding carboxylic acids is 3. The van der Waals surface area contributed by atoms with Gasteiger partial charge in [0.1, 0.15) is 5.54 Å². The van der Waals surface area contributed by atoms with Crippen molar-refractivity contribution in [3.05, 3.63) is 60.4 Å². The van der Waals surface area contributed by atoms with E-state index in [-0.39, 0.29) is 5.75 Å². The van der Waals surface area contributed by atoms with Gasteiger partial charge >= 0.3 is 6.03 Å². The first-order valence-electron chi connectivity index (χ1n) is 11.4. The quantitative estimate of drug-likeness (QED) is 0.349. The molecular formula is C24H25N7O3S. The third-order valence-electron chi connectivity index (χ3n) is 6.08. The van der Waals surface area contributed by atoms with Crippen molar-refractivity contribution in [1.29, 1.82) is 0 Å². The smallest absolute Gasteiger partial charge is 0.322 e. The Labute approximate surface area is 206 Å². The summed E-state index contributed by atoms with van der Waals surface area (Å²) in [5.41, 5.74) is 3.29. The number of thioether (sulfide) groups is 1. The van der Waals surface area contributed by atoms with Crippen molar-refractivity contribution in [3.8, 4) is 11.4 Å². The fourth-order valence-corrected chi connectivity index (χ4v) is 4.81. The average Bonchev–Trinajstić information content (AvgIpc) is 3.59. The Kier molecular flexibility index (Phi) is 6.25. The number of aryl methyl sites for hydroxylation is 1. The lowest BCUT2D eigenvalue weighted by Gasteiger charge is -2.21. The molecule has 0 radical (unpaired) electrons. The van der Waals surface area contributed by atoms with E-state index in [1.54, 1.807) is 19.3 Å². The van der Waals surface area contributed by atoms with Crippen LogP contribution in [0.5, 0.6) is 0 Å². The second-order valence-corrected chi connectivity index (χ2v) is 9.80. The maximum Gasteiger partial charge on any atom is 0.344 e. The number of pyridine rings is 1. The van der Waals surface area contributed by atoms with Crippen molar-refractivity contribution in [2.75, 3.05) is 5.75 Å². The van der Waals surface area contributed by atoms with E-state index in [0.29, 0.717) is 29.9 Å². The van der Waals surface area contributed by atoms with Gasteiger partial charge in [0.2, 0.25) is 5.91 Å². The molecule has 5 rings (SSSR count). The Morgan fingerprint density at radius 2 is 1.97 bits per heavy atom. The molecule has 3 heterocycles. The van der Waals surface area contributed by atoms with Gasteiger partial charge in [0, 0.05) is 24.0 Å². The monoisotopic (exact) mass is 491 g/mol. The number of hydrogen-bond donors (Lipinski definition) is 2. The number of rotatable bonds is 9. The summed E-state index contributed by atoms with van der Waals surface area (Å²) in [7, 11) is 0. The number of imide groups is 1. The summed E-state index contributed by atoms with van der Waals surface area (Å²) < 4.78 is 2.03. The molecule has 2 N–H and O–H groups in total. The molecule has 3 aromatic rings. The van der Waals surface area contributed by atoms with E-state index in [9.17, 15) is 14.4 Å². The number of hydrazine groups is 1. The molecule has 1 aromatic carbocycles. The minimum Gasteiger partial charge on any atom is -0.322 e.